The van der Waals surface area contributed by atoms with Crippen molar-refractivity contribution in [2.24, 2.45) is 0 Å². The minimum absolute atomic E-state index is 0.00589. The highest BCUT2D eigenvalue weighted by Crippen LogP contribution is 2.32. The van der Waals surface area contributed by atoms with Crippen LogP contribution in [0.15, 0.2) is 311 Å². The van der Waals surface area contributed by atoms with Gasteiger partial charge in [0.25, 0.3) is 17.5 Å². The molecule has 0 aliphatic heterocycles. The summed E-state index contributed by atoms with van der Waals surface area (Å²) in [5.74, 6) is -0.644. The number of carbonyl (C=O) groups is 3. The fourth-order valence-electron chi connectivity index (χ4n) is 11.9. The average Bonchev–Trinajstić information content (AvgIpc) is 0.815. The molecule has 18 nitrogen and oxygen atoms in total. The van der Waals surface area contributed by atoms with Crippen LogP contribution in [-0.2, 0) is 25.7 Å². The van der Waals surface area contributed by atoms with Gasteiger partial charge in [0.15, 0.2) is 5.78 Å². The van der Waals surface area contributed by atoms with Crippen molar-refractivity contribution < 1.29 is 23.7 Å². The molecular weight excluding hydrogens is 1330 g/mol. The maximum Gasteiger partial charge on any atom is 0.270 e. The van der Waals surface area contributed by atoms with Crippen molar-refractivity contribution in [3.63, 3.8) is 0 Å². The maximum atomic E-state index is 13.7. The van der Waals surface area contributed by atoms with Crippen LogP contribution in [0.3, 0.4) is 0 Å². The lowest BCUT2D eigenvalue weighted by molar-refractivity contribution is -0.384. The van der Waals surface area contributed by atoms with Gasteiger partial charge >= 0.3 is 0 Å². The SMILES string of the molecule is CN(C)c1ccc2nccc(Nc3ccc(C(=O)Nc4ccc(Cc5ccncc5)cc4)cc3)c2c1.O=C(Cc1cccc(Cc2ccncc2)c1)c1cccc(Nc2ccnc3ccc([N+](=O)[O-])cc23)c1.O=C(Nc1ccc(Cc2ccncc2)cc1)c1ccc(Nc2ccnc3ccc(F)cc23)cc1. The Labute approximate surface area is 611 Å². The Morgan fingerprint density at radius 3 is 1.28 bits per heavy atom. The molecule has 520 valence electrons. The molecule has 9 aromatic carbocycles. The zero-order chi connectivity index (χ0) is 73.1. The van der Waals surface area contributed by atoms with Crippen molar-refractivity contribution in [1.82, 2.24) is 29.9 Å². The zero-order valence-corrected chi connectivity index (χ0v) is 57.8. The van der Waals surface area contributed by atoms with Crippen LogP contribution in [-0.4, -0.2) is 66.5 Å². The number of nitro groups is 1. The molecule has 0 unspecified atom stereocenters. The average molecular weight is 1400 g/mol. The number of anilines is 9. The summed E-state index contributed by atoms with van der Waals surface area (Å²) in [4.78, 5) is 76.6. The summed E-state index contributed by atoms with van der Waals surface area (Å²) in [6.45, 7) is 0. The van der Waals surface area contributed by atoms with E-state index in [1.807, 2.05) is 172 Å². The molecule has 0 fully saturated rings. The minimum Gasteiger partial charge on any atom is -0.378 e. The summed E-state index contributed by atoms with van der Waals surface area (Å²) < 4.78 is 13.7. The van der Waals surface area contributed by atoms with Crippen molar-refractivity contribution in [2.45, 2.75) is 25.7 Å². The molecule has 15 aromatic rings. The minimum atomic E-state index is -0.429. The number of fused-ring (bicyclic) bond motifs is 3. The number of rotatable bonds is 21. The molecule has 0 spiro atoms. The molecule has 0 atom stereocenters. The van der Waals surface area contributed by atoms with Crippen LogP contribution in [0.5, 0.6) is 0 Å². The quantitative estimate of drug-likeness (QED) is 0.0256. The molecule has 19 heteroatoms. The first-order valence-corrected chi connectivity index (χ1v) is 34.1. The molecule has 0 radical (unpaired) electrons. The van der Waals surface area contributed by atoms with Crippen LogP contribution in [0.25, 0.3) is 32.7 Å². The normalized spacial score (nSPS) is 10.7. The number of nitro benzene ring substituents is 1. The van der Waals surface area contributed by atoms with Crippen LogP contribution in [0.4, 0.5) is 61.3 Å². The van der Waals surface area contributed by atoms with Gasteiger partial charge in [0.2, 0.25) is 0 Å². The molecule has 0 saturated carbocycles. The van der Waals surface area contributed by atoms with Gasteiger partial charge in [0.05, 0.1) is 21.5 Å². The second-order valence-corrected chi connectivity index (χ2v) is 25.2. The van der Waals surface area contributed by atoms with E-state index < -0.39 is 4.92 Å². The number of amides is 2. The number of benzene rings is 9. The van der Waals surface area contributed by atoms with Gasteiger partial charge in [-0.25, -0.2) is 4.39 Å². The fraction of sp³-hybridized carbons (Fsp3) is 0.0690. The molecule has 0 aliphatic rings. The highest BCUT2D eigenvalue weighted by Gasteiger charge is 2.16. The Balaban J connectivity index is 0.000000141. The summed E-state index contributed by atoms with van der Waals surface area (Å²) in [5, 5.41) is 29.5. The fourth-order valence-corrected chi connectivity index (χ4v) is 11.9. The third-order valence-electron chi connectivity index (χ3n) is 17.4. The lowest BCUT2D eigenvalue weighted by atomic mass is 9.98. The Hall–Kier alpha value is -14.2. The van der Waals surface area contributed by atoms with Crippen LogP contribution >= 0.6 is 0 Å². The number of non-ortho nitro benzene ring substituents is 1. The number of Topliss-reactive ketones (excluding diaryl/α,β-unsaturated/α-hetero) is 1. The van der Waals surface area contributed by atoms with E-state index >= 15 is 0 Å². The van der Waals surface area contributed by atoms with Crippen molar-refractivity contribution in [3.8, 4) is 0 Å². The second kappa shape index (κ2) is 33.5. The van der Waals surface area contributed by atoms with Crippen molar-refractivity contribution in [1.29, 1.82) is 0 Å². The van der Waals surface area contributed by atoms with Crippen LogP contribution in [0.1, 0.15) is 70.0 Å². The number of nitrogens with zero attached hydrogens (tertiary/aromatic N) is 8. The number of carbonyl (C=O) groups excluding carboxylic acids is 3. The number of nitrogens with one attached hydrogen (secondary N) is 5. The lowest BCUT2D eigenvalue weighted by Crippen LogP contribution is -2.11. The number of pyridine rings is 6. The molecule has 0 bridgehead atoms. The third kappa shape index (κ3) is 18.7. The standard InChI is InChI=1S/C30H27N5O.C29H22N4O3.C28H21FN4O/c1-35(2)26-11-12-28-27(20-26)29(15-18-32-28)33-24-9-5-23(6-10-24)30(36)34-25-7-3-21(4-8-25)19-22-13-16-31-17-14-22;34-29(17-22-4-1-3-21(16-22)15-20-9-12-30-13-10-20)23-5-2-6-24(18-23)32-28-11-14-31-27-8-7-25(33(35)36)19-26(27)28;29-22-5-10-26-25(18-22)27(13-16-31-26)32-23-8-3-21(4-9-23)28(34)33-24-6-1-19(2-7-24)17-20-11-14-30-15-12-20/h3-18,20H,19H2,1-2H3,(H,32,33)(H,34,36);1-14,16,18-19H,15,17H2,(H,31,32);1-16,18H,17H2,(H,31,32)(H,33,34). The Bertz CT molecular complexity index is 5590. The zero-order valence-electron chi connectivity index (χ0n) is 57.8. The van der Waals surface area contributed by atoms with Crippen molar-refractivity contribution >= 4 is 107 Å². The van der Waals surface area contributed by atoms with E-state index in [0.29, 0.717) is 49.9 Å². The number of ketones is 1. The number of aromatic nitrogens is 6. The smallest absolute Gasteiger partial charge is 0.270 e. The van der Waals surface area contributed by atoms with E-state index in [-0.39, 0.29) is 35.5 Å². The van der Waals surface area contributed by atoms with Gasteiger partial charge in [0, 0.05) is 172 Å². The molecule has 6 heterocycles. The van der Waals surface area contributed by atoms with Crippen LogP contribution in [0, 0.1) is 15.9 Å². The van der Waals surface area contributed by atoms with E-state index in [1.54, 1.807) is 104 Å². The Morgan fingerprint density at radius 2 is 0.792 bits per heavy atom. The monoisotopic (exact) mass is 1400 g/mol. The molecular formula is C87H70FN13O5. The van der Waals surface area contributed by atoms with E-state index in [0.717, 1.165) is 86.7 Å². The molecule has 15 rings (SSSR count). The predicted octanol–water partition coefficient (Wildman–Crippen LogP) is 18.9. The van der Waals surface area contributed by atoms with E-state index in [2.05, 4.69) is 85.7 Å². The van der Waals surface area contributed by atoms with Gasteiger partial charge in [-0.2, -0.15) is 0 Å². The summed E-state index contributed by atoms with van der Waals surface area (Å²) in [7, 11) is 4.04. The first-order chi connectivity index (χ1) is 51.7. The van der Waals surface area contributed by atoms with Crippen molar-refractivity contribution in [2.75, 3.05) is 45.6 Å². The first-order valence-electron chi connectivity index (χ1n) is 34.1. The van der Waals surface area contributed by atoms with Gasteiger partial charge in [-0.1, -0.05) is 60.7 Å². The molecule has 5 N–H and O–H groups in total. The predicted molar refractivity (Wildman–Crippen MR) is 420 cm³/mol. The number of halogens is 1. The van der Waals surface area contributed by atoms with Crippen LogP contribution < -0.4 is 31.5 Å². The third-order valence-corrected chi connectivity index (χ3v) is 17.4. The summed E-state index contributed by atoms with van der Waals surface area (Å²) in [6.07, 6.45) is 18.5. The molecule has 0 aliphatic carbocycles. The van der Waals surface area contributed by atoms with Crippen molar-refractivity contribution in [3.05, 3.63) is 382 Å². The number of hydrogen-bond acceptors (Lipinski definition) is 15. The Morgan fingerprint density at radius 1 is 0.377 bits per heavy atom. The highest BCUT2D eigenvalue weighted by atomic mass is 19.1. The molecule has 106 heavy (non-hydrogen) atoms. The van der Waals surface area contributed by atoms with Crippen LogP contribution in [0.2, 0.25) is 0 Å². The van der Waals surface area contributed by atoms with E-state index in [4.69, 9.17) is 0 Å². The molecule has 6 aromatic heterocycles. The van der Waals surface area contributed by atoms with Gasteiger partial charge in [-0.05, 0) is 240 Å². The molecule has 0 saturated heterocycles. The van der Waals surface area contributed by atoms with Gasteiger partial charge in [-0.15, -0.1) is 0 Å². The van der Waals surface area contributed by atoms with E-state index in [9.17, 15) is 28.9 Å². The summed E-state index contributed by atoms with van der Waals surface area (Å²) in [6, 6.07) is 78.4. The largest absolute Gasteiger partial charge is 0.378 e. The van der Waals surface area contributed by atoms with Gasteiger partial charge in [0.1, 0.15) is 5.82 Å². The van der Waals surface area contributed by atoms with Gasteiger partial charge in [-0.3, -0.25) is 54.4 Å². The number of hydrogen-bond donors (Lipinski definition) is 5. The summed E-state index contributed by atoms with van der Waals surface area (Å²) >= 11 is 0. The second-order valence-electron chi connectivity index (χ2n) is 25.2. The first kappa shape index (κ1) is 70.2. The topological polar surface area (TPSA) is 235 Å². The maximum absolute atomic E-state index is 13.7. The summed E-state index contributed by atoms with van der Waals surface area (Å²) in [5.41, 5.74) is 19.4. The lowest BCUT2D eigenvalue weighted by Gasteiger charge is -2.15. The Kier molecular flexibility index (Phi) is 22.2. The molecule has 2 amide bonds. The van der Waals surface area contributed by atoms with E-state index in [1.165, 1.54) is 46.5 Å². The van der Waals surface area contributed by atoms with Gasteiger partial charge < -0.3 is 31.5 Å². The highest BCUT2D eigenvalue weighted by molar-refractivity contribution is 6.06.